The second kappa shape index (κ2) is 50.9. The number of unbranched alkanes of at least 4 members (excludes halogenated alkanes) is 3. The molecule has 3 amide bonds. The van der Waals surface area contributed by atoms with Gasteiger partial charge in [-0.2, -0.15) is 17.6 Å². The average Bonchev–Trinajstić information content (AvgIpc) is 1.01. The number of fused-ring (bicyclic) bond motifs is 5. The molecule has 2 aliphatic rings. The Labute approximate surface area is 683 Å². The highest BCUT2D eigenvalue weighted by Crippen LogP contribution is 2.49. The van der Waals surface area contributed by atoms with Gasteiger partial charge >= 0.3 is 0 Å². The number of benzene rings is 5. The number of nitrogens with two attached hydrogens (primary N) is 1. The molecule has 0 unspecified atom stereocenters. The van der Waals surface area contributed by atoms with Crippen molar-refractivity contribution in [2.24, 2.45) is 5.11 Å². The summed E-state index contributed by atoms with van der Waals surface area (Å²) in [6.45, 7) is 26.1. The van der Waals surface area contributed by atoms with Gasteiger partial charge in [-0.15, -0.1) is 0 Å². The second-order valence-corrected chi connectivity index (χ2v) is 30.4. The molecule has 0 atom stereocenters. The molecule has 116 heavy (non-hydrogen) atoms. The number of aromatic nitrogens is 1. The number of rotatable bonds is 60. The van der Waals surface area contributed by atoms with Gasteiger partial charge in [0.25, 0.3) is 10.1 Å². The molecule has 1 aromatic heterocycles. The van der Waals surface area contributed by atoms with Crippen molar-refractivity contribution in [2.75, 3.05) is 202 Å². The number of azide groups is 1. The fourth-order valence-electron chi connectivity index (χ4n) is 13.9. The van der Waals surface area contributed by atoms with Crippen molar-refractivity contribution in [1.82, 2.24) is 16.0 Å². The van der Waals surface area contributed by atoms with Crippen molar-refractivity contribution in [3.63, 3.8) is 0 Å². The molecule has 0 spiro atoms. The van der Waals surface area contributed by atoms with E-state index in [-0.39, 0.29) is 41.1 Å². The summed E-state index contributed by atoms with van der Waals surface area (Å²) >= 11 is 0. The lowest BCUT2D eigenvalue weighted by molar-refractivity contribution is -0.659. The molecular weight excluding hydrogens is 1510 g/mol. The number of nitrogen functional groups attached to an aromatic ring is 1. The van der Waals surface area contributed by atoms with Crippen LogP contribution in [-0.4, -0.2) is 232 Å². The van der Waals surface area contributed by atoms with Gasteiger partial charge in [0.15, 0.2) is 5.71 Å². The molecule has 2 aliphatic heterocycles. The Balaban J connectivity index is 0.514. The lowest BCUT2D eigenvalue weighted by atomic mass is 9.81. The van der Waals surface area contributed by atoms with Gasteiger partial charge in [-0.05, 0) is 119 Å². The van der Waals surface area contributed by atoms with Crippen molar-refractivity contribution < 1.29 is 93.3 Å². The maximum atomic E-state index is 12.7. The van der Waals surface area contributed by atoms with Crippen molar-refractivity contribution in [2.45, 2.75) is 115 Å². The first-order chi connectivity index (χ1) is 56.3. The molecule has 0 radical (unpaired) electrons. The van der Waals surface area contributed by atoms with Crippen LogP contribution in [0.25, 0.3) is 43.4 Å². The van der Waals surface area contributed by atoms with Crippen molar-refractivity contribution >= 4 is 78.0 Å². The van der Waals surface area contributed by atoms with E-state index in [4.69, 9.17) is 62.6 Å². The maximum absolute atomic E-state index is 12.7. The summed E-state index contributed by atoms with van der Waals surface area (Å²) in [5.41, 5.74) is 26.7. The largest absolute Gasteiger partial charge is 0.399 e. The molecule has 8 rings (SSSR count). The third kappa shape index (κ3) is 30.4. The highest BCUT2D eigenvalue weighted by Gasteiger charge is 2.44. The van der Waals surface area contributed by atoms with Gasteiger partial charge in [-0.3, -0.25) is 18.9 Å². The topological polar surface area (TPSA) is 337 Å². The molecule has 6 N–H and O–H groups in total. The number of amides is 3. The summed E-state index contributed by atoms with van der Waals surface area (Å²) in [7, 11) is -4.41. The average molecular weight is 1630 g/mol. The number of hydrogen-bond acceptors (Lipinski definition) is 20. The van der Waals surface area contributed by atoms with E-state index in [2.05, 4.69) is 130 Å². The predicted octanol–water partition coefficient (Wildman–Crippen LogP) is 11.6. The number of allylic oxidation sites excluding steroid dienone is 6. The molecule has 0 bridgehead atoms. The van der Waals surface area contributed by atoms with Crippen LogP contribution in [0.2, 0.25) is 0 Å². The van der Waals surface area contributed by atoms with Crippen LogP contribution in [0.5, 0.6) is 0 Å². The number of pyridine rings is 1. The SMILES string of the molecule is CC[N+]1=C(/C=C/C=C/C=C2\N(CCCCCC(=O)NCCNC(=O)CCOCCOCCOCCOCCOCCOCCOCCOCCOCCOCCOCCOCCNC(=O)CCCC[n+]3c(-c4ccccc4)c4cc(N)ccc4c4ccc(N=[N+]=[N-])cc43)c3ccc(S(=O)(=O)O)cc3C2(C)C)C(C)(C)c2cc(C)ccc21. The van der Waals surface area contributed by atoms with Crippen molar-refractivity contribution in [3.8, 4) is 11.3 Å². The van der Waals surface area contributed by atoms with Gasteiger partial charge in [0, 0.05) is 120 Å². The highest BCUT2D eigenvalue weighted by molar-refractivity contribution is 7.85. The van der Waals surface area contributed by atoms with Crippen molar-refractivity contribution in [3.05, 3.63) is 166 Å². The molecule has 0 saturated heterocycles. The minimum atomic E-state index is -4.41. The highest BCUT2D eigenvalue weighted by atomic mass is 32.2. The minimum Gasteiger partial charge on any atom is -0.399 e. The normalized spacial score (nSPS) is 14.1. The zero-order valence-electron chi connectivity index (χ0n) is 68.6. The molecule has 0 aliphatic carbocycles. The van der Waals surface area contributed by atoms with Gasteiger partial charge in [-0.1, -0.05) is 85.6 Å². The number of carbonyl (C=O) groups is 3. The monoisotopic (exact) mass is 1630 g/mol. The summed E-state index contributed by atoms with van der Waals surface area (Å²) in [6, 6.07) is 33.2. The number of nitrogens with one attached hydrogen (secondary N) is 3. The Morgan fingerprint density at radius 3 is 1.59 bits per heavy atom. The Hall–Kier alpha value is -8.59. The van der Waals surface area contributed by atoms with E-state index >= 15 is 0 Å². The molecule has 632 valence electrons. The molecule has 0 fully saturated rings. The van der Waals surface area contributed by atoms with Crippen LogP contribution in [0.4, 0.5) is 22.7 Å². The number of nitrogens with zero attached hydrogens (tertiary/aromatic N) is 6. The number of anilines is 2. The van der Waals surface area contributed by atoms with E-state index in [0.29, 0.717) is 222 Å². The van der Waals surface area contributed by atoms with Gasteiger partial charge in [0.05, 0.1) is 180 Å². The third-order valence-electron chi connectivity index (χ3n) is 19.8. The van der Waals surface area contributed by atoms with Crippen LogP contribution in [-0.2, 0) is 98.7 Å². The molecule has 29 heteroatoms. The molecule has 5 aromatic carbocycles. The fourth-order valence-corrected chi connectivity index (χ4v) is 14.4. The van der Waals surface area contributed by atoms with Crippen LogP contribution < -0.4 is 31.2 Å². The standard InChI is InChI=1S/C87H120N10O18S/c1-7-95-77-31-25-67(2)63-75(77)86(3,4)80(95)21-13-9-14-22-81-87(5,6)76-66-71(116(101,102)103)28-32-78(76)96(81)37-17-10-15-23-82(98)90-34-35-91-84(100)33-39-104-41-43-106-45-47-108-49-51-110-53-55-112-57-59-114-61-62-115-60-58-113-56-54-111-52-50-109-48-46-107-44-42-105-40-36-92-83(99)24-16-18-38-97-79-65-70(93-94-89)27-30-73(79)72-29-26-69(88)64-74(72)85(97)68-19-11-8-12-20-68/h8-9,11-14,19-22,25-32,63-66H,7,10,15-18,23-24,33-62,88H2,1-6H3,(H2-2,90,91,92,98,99,100,101,102,103)/p+2. The molecule has 0 saturated carbocycles. The molecular formula is C87H122N10O18S+2. The Morgan fingerprint density at radius 2 is 1.05 bits per heavy atom. The summed E-state index contributed by atoms with van der Waals surface area (Å²) < 4.78 is 106. The smallest absolute Gasteiger partial charge is 0.294 e. The van der Waals surface area contributed by atoms with Gasteiger partial charge in [0.1, 0.15) is 13.1 Å². The Bertz CT molecular complexity index is 4360. The minimum absolute atomic E-state index is 0.0351. The maximum Gasteiger partial charge on any atom is 0.294 e. The van der Waals surface area contributed by atoms with Crippen molar-refractivity contribution in [1.29, 1.82) is 0 Å². The number of hydrogen-bond donors (Lipinski definition) is 5. The molecule has 3 heterocycles. The van der Waals surface area contributed by atoms with Gasteiger partial charge < -0.3 is 83.4 Å². The fraction of sp³-hybridized carbons (Fsp3) is 0.529. The summed E-state index contributed by atoms with van der Waals surface area (Å²) in [6.07, 6.45) is 14.9. The van der Waals surface area contributed by atoms with E-state index in [1.54, 1.807) is 12.1 Å². The van der Waals surface area contributed by atoms with Crippen LogP contribution >= 0.6 is 0 Å². The first-order valence-corrected chi connectivity index (χ1v) is 42.0. The Kier molecular flexibility index (Phi) is 40.8. The number of aryl methyl sites for hydroxylation is 2. The second-order valence-electron chi connectivity index (χ2n) is 29.0. The zero-order valence-corrected chi connectivity index (χ0v) is 69.4. The van der Waals surface area contributed by atoms with Gasteiger partial charge in [-0.25, -0.2) is 0 Å². The summed E-state index contributed by atoms with van der Waals surface area (Å²) in [4.78, 5) is 42.9. The van der Waals surface area contributed by atoms with E-state index in [1.807, 2.05) is 66.7 Å². The first-order valence-electron chi connectivity index (χ1n) is 40.6. The van der Waals surface area contributed by atoms with Crippen LogP contribution in [0.1, 0.15) is 103 Å². The molecule has 28 nitrogen and oxygen atoms in total. The van der Waals surface area contributed by atoms with Crippen LogP contribution in [0, 0.1) is 6.92 Å². The van der Waals surface area contributed by atoms with Crippen LogP contribution in [0.3, 0.4) is 0 Å². The lowest BCUT2D eigenvalue weighted by Gasteiger charge is -2.27. The Morgan fingerprint density at radius 1 is 0.534 bits per heavy atom. The number of carbonyl (C=O) groups excluding carboxylic acids is 3. The lowest BCUT2D eigenvalue weighted by Crippen LogP contribution is -2.38. The van der Waals surface area contributed by atoms with E-state index < -0.39 is 15.5 Å². The van der Waals surface area contributed by atoms with E-state index in [9.17, 15) is 32.9 Å². The van der Waals surface area contributed by atoms with E-state index in [1.165, 1.54) is 28.6 Å². The predicted molar refractivity (Wildman–Crippen MR) is 449 cm³/mol. The first kappa shape index (κ1) is 92.9. The van der Waals surface area contributed by atoms with Crippen LogP contribution in [0.15, 0.2) is 149 Å². The number of ether oxygens (including phenoxy) is 12. The van der Waals surface area contributed by atoms with Gasteiger partial charge in [0.2, 0.25) is 34.6 Å². The summed E-state index contributed by atoms with van der Waals surface area (Å²) in [5.74, 6) is -0.294. The quantitative estimate of drug-likeness (QED) is 0.00272. The summed E-state index contributed by atoms with van der Waals surface area (Å²) in [5, 5.41) is 15.6. The van der Waals surface area contributed by atoms with E-state index in [0.717, 1.165) is 75.7 Å². The third-order valence-corrected chi connectivity index (χ3v) is 20.7. The molecule has 6 aromatic rings. The zero-order chi connectivity index (χ0) is 82.6.